The molecule has 0 atom stereocenters. The Morgan fingerprint density at radius 3 is 2.53 bits per heavy atom. The number of rotatable bonds is 7. The molecule has 1 aliphatic carbocycles. The summed E-state index contributed by atoms with van der Waals surface area (Å²) in [4.78, 5) is 20.9. The summed E-state index contributed by atoms with van der Waals surface area (Å²) >= 11 is 0. The molecule has 0 saturated heterocycles. The summed E-state index contributed by atoms with van der Waals surface area (Å²) in [7, 11) is 5.15. The van der Waals surface area contributed by atoms with E-state index in [1.807, 2.05) is 73.5 Å². The first-order valence-corrected chi connectivity index (χ1v) is 11.4. The van der Waals surface area contributed by atoms with Gasteiger partial charge in [-0.05, 0) is 44.0 Å². The third-order valence-electron chi connectivity index (χ3n) is 6.35. The number of methoxy groups -OCH3 is 2. The highest BCUT2D eigenvalue weighted by molar-refractivity contribution is 6.07. The topological polar surface area (TPSA) is 69.5 Å². The minimum atomic E-state index is -0.0203. The lowest BCUT2D eigenvalue weighted by molar-refractivity contribution is 0.0730. The highest BCUT2D eigenvalue weighted by Gasteiger charge is 2.35. The van der Waals surface area contributed by atoms with Gasteiger partial charge in [-0.1, -0.05) is 30.3 Å². The number of nitrogens with zero attached hydrogens (tertiary/aromatic N) is 4. The molecule has 0 spiro atoms. The molecule has 2 heterocycles. The summed E-state index contributed by atoms with van der Waals surface area (Å²) in [5, 5.41) is 5.37. The van der Waals surface area contributed by atoms with Crippen LogP contribution in [0.2, 0.25) is 0 Å². The van der Waals surface area contributed by atoms with Crippen molar-refractivity contribution in [3.8, 4) is 22.8 Å². The molecule has 4 aromatic rings. The zero-order chi connectivity index (χ0) is 23.8. The number of ether oxygens (including phenoxy) is 2. The lowest BCUT2D eigenvalue weighted by Crippen LogP contribution is -2.33. The SMILES string of the molecule is COc1ccc(OC)c(CN(C(=O)c2cc(-c3ccccc3)nc3c2c(C)nn3C)C2CC2)c1. The first-order chi connectivity index (χ1) is 16.5. The number of benzene rings is 2. The van der Waals surface area contributed by atoms with E-state index in [-0.39, 0.29) is 11.9 Å². The van der Waals surface area contributed by atoms with Crippen molar-refractivity contribution in [1.29, 1.82) is 0 Å². The van der Waals surface area contributed by atoms with Gasteiger partial charge in [0, 0.05) is 24.2 Å². The van der Waals surface area contributed by atoms with Crippen LogP contribution in [0.15, 0.2) is 54.6 Å². The lowest BCUT2D eigenvalue weighted by atomic mass is 10.0. The van der Waals surface area contributed by atoms with Crippen LogP contribution in [0, 0.1) is 6.92 Å². The fourth-order valence-electron chi connectivity index (χ4n) is 4.47. The lowest BCUT2D eigenvalue weighted by Gasteiger charge is -2.24. The first-order valence-electron chi connectivity index (χ1n) is 11.4. The van der Waals surface area contributed by atoms with Crippen LogP contribution in [0.1, 0.15) is 34.5 Å². The van der Waals surface area contributed by atoms with Gasteiger partial charge >= 0.3 is 0 Å². The molecule has 7 nitrogen and oxygen atoms in total. The van der Waals surface area contributed by atoms with Crippen molar-refractivity contribution >= 4 is 16.9 Å². The van der Waals surface area contributed by atoms with Crippen molar-refractivity contribution in [1.82, 2.24) is 19.7 Å². The molecule has 34 heavy (non-hydrogen) atoms. The van der Waals surface area contributed by atoms with Crippen molar-refractivity contribution < 1.29 is 14.3 Å². The van der Waals surface area contributed by atoms with Crippen LogP contribution in [0.25, 0.3) is 22.3 Å². The van der Waals surface area contributed by atoms with E-state index in [1.54, 1.807) is 18.9 Å². The zero-order valence-corrected chi connectivity index (χ0v) is 19.9. The van der Waals surface area contributed by atoms with Crippen LogP contribution < -0.4 is 9.47 Å². The smallest absolute Gasteiger partial charge is 0.255 e. The molecule has 2 aromatic carbocycles. The summed E-state index contributed by atoms with van der Waals surface area (Å²) in [6.07, 6.45) is 1.98. The number of amides is 1. The molecule has 0 bridgehead atoms. The summed E-state index contributed by atoms with van der Waals surface area (Å²) in [6.45, 7) is 2.36. The third-order valence-corrected chi connectivity index (χ3v) is 6.35. The van der Waals surface area contributed by atoms with Gasteiger partial charge in [-0.2, -0.15) is 5.10 Å². The molecule has 1 aliphatic rings. The molecule has 0 aliphatic heterocycles. The highest BCUT2D eigenvalue weighted by atomic mass is 16.5. The van der Waals surface area contributed by atoms with Crippen molar-refractivity contribution in [2.24, 2.45) is 7.05 Å². The quantitative estimate of drug-likeness (QED) is 0.401. The Bertz CT molecular complexity index is 1360. The fraction of sp³-hybridized carbons (Fsp3) is 0.296. The van der Waals surface area contributed by atoms with Crippen LogP contribution in [-0.2, 0) is 13.6 Å². The van der Waals surface area contributed by atoms with Gasteiger partial charge in [-0.3, -0.25) is 9.48 Å². The second-order valence-corrected chi connectivity index (χ2v) is 8.67. The van der Waals surface area contributed by atoms with Crippen molar-refractivity contribution in [3.05, 3.63) is 71.4 Å². The molecule has 0 unspecified atom stereocenters. The van der Waals surface area contributed by atoms with Gasteiger partial charge in [0.25, 0.3) is 5.91 Å². The molecule has 1 fully saturated rings. The van der Waals surface area contributed by atoms with Gasteiger partial charge in [0.05, 0.1) is 43.1 Å². The number of aromatic nitrogens is 3. The number of carbonyl (C=O) groups excluding carboxylic acids is 1. The molecular formula is C27H28N4O3. The molecule has 0 radical (unpaired) electrons. The highest BCUT2D eigenvalue weighted by Crippen LogP contribution is 2.35. The van der Waals surface area contributed by atoms with Gasteiger partial charge in [-0.15, -0.1) is 0 Å². The Hall–Kier alpha value is -3.87. The number of pyridine rings is 1. The molecule has 7 heteroatoms. The molecule has 1 amide bonds. The maximum atomic E-state index is 14.1. The minimum absolute atomic E-state index is 0.0203. The van der Waals surface area contributed by atoms with E-state index < -0.39 is 0 Å². The minimum Gasteiger partial charge on any atom is -0.497 e. The Balaban J connectivity index is 1.61. The van der Waals surface area contributed by atoms with Crippen molar-refractivity contribution in [3.63, 3.8) is 0 Å². The normalized spacial score (nSPS) is 13.2. The number of fused-ring (bicyclic) bond motifs is 1. The summed E-state index contributed by atoms with van der Waals surface area (Å²) < 4.78 is 12.8. The maximum Gasteiger partial charge on any atom is 0.255 e. The van der Waals surface area contributed by atoms with E-state index >= 15 is 0 Å². The zero-order valence-electron chi connectivity index (χ0n) is 19.9. The number of carbonyl (C=O) groups is 1. The van der Waals surface area contributed by atoms with E-state index in [2.05, 4.69) is 5.10 Å². The summed E-state index contributed by atoms with van der Waals surface area (Å²) in [5.74, 6) is 1.45. The van der Waals surface area contributed by atoms with Crippen molar-refractivity contribution in [2.75, 3.05) is 14.2 Å². The monoisotopic (exact) mass is 456 g/mol. The van der Waals surface area contributed by atoms with E-state index in [1.165, 1.54) is 0 Å². The molecule has 5 rings (SSSR count). The molecular weight excluding hydrogens is 428 g/mol. The first kappa shape index (κ1) is 21.9. The van der Waals surface area contributed by atoms with Crippen LogP contribution in [-0.4, -0.2) is 45.8 Å². The molecule has 174 valence electrons. The Morgan fingerprint density at radius 1 is 1.09 bits per heavy atom. The Labute approximate surface area is 198 Å². The number of hydrogen-bond acceptors (Lipinski definition) is 5. The third kappa shape index (κ3) is 3.98. The number of aryl methyl sites for hydroxylation is 2. The van der Waals surface area contributed by atoms with Gasteiger partial charge in [0.1, 0.15) is 11.5 Å². The van der Waals surface area contributed by atoms with Gasteiger partial charge in [-0.25, -0.2) is 4.98 Å². The maximum absolute atomic E-state index is 14.1. The van der Waals surface area contributed by atoms with Gasteiger partial charge in [0.2, 0.25) is 0 Å². The second-order valence-electron chi connectivity index (χ2n) is 8.67. The standard InChI is InChI=1S/C27H28N4O3/c1-17-25-22(15-23(18-8-6-5-7-9-18)28-26(25)30(2)29-17)27(32)31(20-10-11-20)16-19-14-21(33-3)12-13-24(19)34-4/h5-9,12-15,20H,10-11,16H2,1-4H3. The number of hydrogen-bond donors (Lipinski definition) is 0. The second kappa shape index (κ2) is 8.82. The molecule has 0 N–H and O–H groups in total. The van der Waals surface area contributed by atoms with Crippen LogP contribution in [0.4, 0.5) is 0 Å². The van der Waals surface area contributed by atoms with Gasteiger partial charge in [0.15, 0.2) is 5.65 Å². The molecule has 2 aromatic heterocycles. The summed E-state index contributed by atoms with van der Waals surface area (Å²) in [6, 6.07) is 17.7. The largest absolute Gasteiger partial charge is 0.497 e. The van der Waals surface area contributed by atoms with Crippen LogP contribution in [0.3, 0.4) is 0 Å². The van der Waals surface area contributed by atoms with Crippen LogP contribution in [0.5, 0.6) is 11.5 Å². The summed E-state index contributed by atoms with van der Waals surface area (Å²) in [5.41, 5.74) is 4.76. The average Bonchev–Trinajstić information content (AvgIpc) is 3.67. The van der Waals surface area contributed by atoms with E-state index in [4.69, 9.17) is 14.5 Å². The fourth-order valence-corrected chi connectivity index (χ4v) is 4.47. The van der Waals surface area contributed by atoms with E-state index in [9.17, 15) is 4.79 Å². The van der Waals surface area contributed by atoms with E-state index in [0.29, 0.717) is 17.8 Å². The van der Waals surface area contributed by atoms with E-state index in [0.717, 1.165) is 52.2 Å². The van der Waals surface area contributed by atoms with Crippen molar-refractivity contribution in [2.45, 2.75) is 32.4 Å². The predicted molar refractivity (Wildman–Crippen MR) is 131 cm³/mol. The molecule has 1 saturated carbocycles. The Kier molecular flexibility index (Phi) is 5.69. The van der Waals surface area contributed by atoms with Gasteiger partial charge < -0.3 is 14.4 Å². The predicted octanol–water partition coefficient (Wildman–Crippen LogP) is 4.77. The Morgan fingerprint density at radius 2 is 1.85 bits per heavy atom. The van der Waals surface area contributed by atoms with Crippen LogP contribution >= 0.6 is 0 Å². The average molecular weight is 457 g/mol.